The maximum atomic E-state index is 12.9. The number of rotatable bonds is 6. The van der Waals surface area contributed by atoms with Crippen molar-refractivity contribution in [3.63, 3.8) is 0 Å². The average molecular weight is 413 g/mol. The summed E-state index contributed by atoms with van der Waals surface area (Å²) in [6.07, 6.45) is 0.623. The highest BCUT2D eigenvalue weighted by Gasteiger charge is 2.34. The second-order valence-corrected chi connectivity index (χ2v) is 7.94. The molecule has 1 aliphatic heterocycles. The van der Waals surface area contributed by atoms with Crippen molar-refractivity contribution in [3.8, 4) is 5.75 Å². The largest absolute Gasteiger partial charge is 0.477 e. The molecule has 2 aromatic heterocycles. The SMILES string of the molecule is O=C(COc1ccccc1[N+](=O)[O-])N1N=C(c2cccs2)C[C@@H]1c1cccs1. The topological polar surface area (TPSA) is 85.0 Å². The van der Waals surface area contributed by atoms with Crippen LogP contribution in [-0.4, -0.2) is 28.2 Å². The third kappa shape index (κ3) is 3.67. The van der Waals surface area contributed by atoms with Gasteiger partial charge in [-0.15, -0.1) is 22.7 Å². The van der Waals surface area contributed by atoms with Gasteiger partial charge in [0.1, 0.15) is 0 Å². The number of carbonyl (C=O) groups excluding carboxylic acids is 1. The lowest BCUT2D eigenvalue weighted by atomic mass is 10.1. The Bertz CT molecular complexity index is 1020. The quantitative estimate of drug-likeness (QED) is 0.441. The first-order valence-electron chi connectivity index (χ1n) is 8.46. The van der Waals surface area contributed by atoms with Crippen LogP contribution in [0.3, 0.4) is 0 Å². The van der Waals surface area contributed by atoms with Gasteiger partial charge in [-0.25, -0.2) is 5.01 Å². The molecule has 0 unspecified atom stereocenters. The van der Waals surface area contributed by atoms with E-state index in [0.717, 1.165) is 15.5 Å². The molecule has 7 nitrogen and oxygen atoms in total. The van der Waals surface area contributed by atoms with Gasteiger partial charge in [-0.1, -0.05) is 24.3 Å². The summed E-state index contributed by atoms with van der Waals surface area (Å²) in [5.74, 6) is -0.279. The zero-order valence-electron chi connectivity index (χ0n) is 14.6. The molecule has 0 N–H and O–H groups in total. The smallest absolute Gasteiger partial charge is 0.310 e. The van der Waals surface area contributed by atoms with E-state index in [0.29, 0.717) is 6.42 Å². The van der Waals surface area contributed by atoms with Crippen LogP contribution in [0.1, 0.15) is 22.2 Å². The van der Waals surface area contributed by atoms with Crippen molar-refractivity contribution in [3.05, 3.63) is 79.2 Å². The molecule has 0 bridgehead atoms. The van der Waals surface area contributed by atoms with Gasteiger partial charge in [0.25, 0.3) is 5.91 Å². The fourth-order valence-electron chi connectivity index (χ4n) is 2.97. The third-order valence-electron chi connectivity index (χ3n) is 4.26. The Labute approximate surface area is 168 Å². The number of nitro groups is 1. The molecule has 0 saturated heterocycles. The Morgan fingerprint density at radius 1 is 1.18 bits per heavy atom. The van der Waals surface area contributed by atoms with E-state index in [1.165, 1.54) is 17.1 Å². The van der Waals surface area contributed by atoms with Gasteiger partial charge in [0, 0.05) is 17.4 Å². The lowest BCUT2D eigenvalue weighted by molar-refractivity contribution is -0.385. The standard InChI is InChI=1S/C19H15N3O4S2/c23-19(12-26-16-6-2-1-5-14(16)22(24)25)21-15(18-8-4-10-28-18)11-13(20-21)17-7-3-9-27-17/h1-10,15H,11-12H2/t15-/m1/s1. The van der Waals surface area contributed by atoms with Crippen LogP contribution in [0.4, 0.5) is 5.69 Å². The Hall–Kier alpha value is -3.04. The Balaban J connectivity index is 1.55. The first-order valence-corrected chi connectivity index (χ1v) is 10.2. The highest BCUT2D eigenvalue weighted by Crippen LogP contribution is 2.36. The van der Waals surface area contributed by atoms with Crippen molar-refractivity contribution in [1.82, 2.24) is 5.01 Å². The maximum Gasteiger partial charge on any atom is 0.310 e. The number of para-hydroxylation sites is 2. The first-order chi connectivity index (χ1) is 13.6. The van der Waals surface area contributed by atoms with E-state index in [9.17, 15) is 14.9 Å². The van der Waals surface area contributed by atoms with Crippen LogP contribution in [0.25, 0.3) is 0 Å². The minimum Gasteiger partial charge on any atom is -0.477 e. The molecule has 0 radical (unpaired) electrons. The second-order valence-electron chi connectivity index (χ2n) is 6.01. The summed E-state index contributed by atoms with van der Waals surface area (Å²) >= 11 is 3.14. The number of amides is 1. The summed E-state index contributed by atoms with van der Waals surface area (Å²) in [6.45, 7) is -0.325. The van der Waals surface area contributed by atoms with Crippen molar-refractivity contribution in [2.45, 2.75) is 12.5 Å². The Morgan fingerprint density at radius 2 is 1.96 bits per heavy atom. The molecule has 0 aliphatic carbocycles. The Morgan fingerprint density at radius 3 is 2.68 bits per heavy atom. The summed E-state index contributed by atoms with van der Waals surface area (Å²) < 4.78 is 5.47. The molecule has 1 atom stereocenters. The predicted molar refractivity (Wildman–Crippen MR) is 108 cm³/mol. The van der Waals surface area contributed by atoms with Crippen molar-refractivity contribution < 1.29 is 14.5 Å². The molecule has 1 amide bonds. The molecule has 0 saturated carbocycles. The number of thiophene rings is 2. The highest BCUT2D eigenvalue weighted by atomic mass is 32.1. The maximum absolute atomic E-state index is 12.9. The van der Waals surface area contributed by atoms with Crippen LogP contribution >= 0.6 is 22.7 Å². The molecular formula is C19H15N3O4S2. The predicted octanol–water partition coefficient (Wildman–Crippen LogP) is 4.47. The summed E-state index contributed by atoms with van der Waals surface area (Å²) in [5.41, 5.74) is 0.682. The summed E-state index contributed by atoms with van der Waals surface area (Å²) in [7, 11) is 0. The number of ether oxygens (including phenoxy) is 1. The van der Waals surface area contributed by atoms with Gasteiger partial charge in [0.15, 0.2) is 12.4 Å². The second kappa shape index (κ2) is 7.91. The van der Waals surface area contributed by atoms with Gasteiger partial charge in [-0.3, -0.25) is 14.9 Å². The van der Waals surface area contributed by atoms with E-state index in [2.05, 4.69) is 5.10 Å². The number of benzene rings is 1. The van der Waals surface area contributed by atoms with Gasteiger partial charge >= 0.3 is 5.69 Å². The van der Waals surface area contributed by atoms with E-state index in [-0.39, 0.29) is 30.0 Å². The molecular weight excluding hydrogens is 398 g/mol. The molecule has 3 aromatic rings. The molecule has 0 spiro atoms. The van der Waals surface area contributed by atoms with E-state index in [4.69, 9.17) is 4.74 Å². The zero-order chi connectivity index (χ0) is 19.5. The van der Waals surface area contributed by atoms with E-state index >= 15 is 0 Å². The minimum atomic E-state index is -0.531. The minimum absolute atomic E-state index is 0.0650. The highest BCUT2D eigenvalue weighted by molar-refractivity contribution is 7.12. The molecule has 1 aliphatic rings. The van der Waals surface area contributed by atoms with Gasteiger partial charge < -0.3 is 4.74 Å². The molecule has 28 heavy (non-hydrogen) atoms. The molecule has 9 heteroatoms. The Kier molecular flexibility index (Phi) is 5.18. The van der Waals surface area contributed by atoms with Gasteiger partial charge in [-0.2, -0.15) is 5.10 Å². The van der Waals surface area contributed by atoms with Crippen LogP contribution in [0.5, 0.6) is 5.75 Å². The molecule has 4 rings (SSSR count). The first kappa shape index (κ1) is 18.3. The number of nitro benzene ring substituents is 1. The number of hydrazone groups is 1. The van der Waals surface area contributed by atoms with Crippen LogP contribution in [-0.2, 0) is 4.79 Å². The molecule has 1 aromatic carbocycles. The normalized spacial score (nSPS) is 16.1. The van der Waals surface area contributed by atoms with Crippen molar-refractivity contribution in [1.29, 1.82) is 0 Å². The lowest BCUT2D eigenvalue weighted by Crippen LogP contribution is -2.31. The number of hydrogen-bond donors (Lipinski definition) is 0. The van der Waals surface area contributed by atoms with Gasteiger partial charge in [0.05, 0.1) is 21.6 Å². The molecule has 0 fully saturated rings. The van der Waals surface area contributed by atoms with E-state index < -0.39 is 4.92 Å². The molecule has 142 valence electrons. The third-order valence-corrected chi connectivity index (χ3v) is 6.15. The van der Waals surface area contributed by atoms with Crippen molar-refractivity contribution in [2.24, 2.45) is 5.10 Å². The zero-order valence-corrected chi connectivity index (χ0v) is 16.2. The van der Waals surface area contributed by atoms with Gasteiger partial charge in [-0.05, 0) is 29.0 Å². The van der Waals surface area contributed by atoms with Crippen LogP contribution in [0.15, 0.2) is 64.4 Å². The lowest BCUT2D eigenvalue weighted by Gasteiger charge is -2.20. The summed E-state index contributed by atoms with van der Waals surface area (Å²) in [4.78, 5) is 25.5. The molecule has 3 heterocycles. The van der Waals surface area contributed by atoms with Crippen LogP contribution < -0.4 is 4.74 Å². The summed E-state index contributed by atoms with van der Waals surface area (Å²) in [6, 6.07) is 13.7. The number of nitrogens with zero attached hydrogens (tertiary/aromatic N) is 3. The van der Waals surface area contributed by atoms with Crippen molar-refractivity contribution in [2.75, 3.05) is 6.61 Å². The van der Waals surface area contributed by atoms with Crippen LogP contribution in [0, 0.1) is 10.1 Å². The van der Waals surface area contributed by atoms with Crippen LogP contribution in [0.2, 0.25) is 0 Å². The fourth-order valence-corrected chi connectivity index (χ4v) is 4.50. The number of carbonyl (C=O) groups is 1. The summed E-state index contributed by atoms with van der Waals surface area (Å²) in [5, 5.41) is 21.0. The van der Waals surface area contributed by atoms with E-state index in [1.807, 2.05) is 35.0 Å². The average Bonchev–Trinajstić information content (AvgIpc) is 3.46. The van der Waals surface area contributed by atoms with Gasteiger partial charge in [0.2, 0.25) is 0 Å². The number of hydrogen-bond acceptors (Lipinski definition) is 7. The van der Waals surface area contributed by atoms with Crippen molar-refractivity contribution >= 4 is 40.0 Å². The monoisotopic (exact) mass is 413 g/mol. The van der Waals surface area contributed by atoms with E-state index in [1.54, 1.807) is 34.8 Å². The fraction of sp³-hybridized carbons (Fsp3) is 0.158.